The second-order valence-corrected chi connectivity index (χ2v) is 5.80. The van der Waals surface area contributed by atoms with Crippen molar-refractivity contribution in [2.45, 2.75) is 20.4 Å². The van der Waals surface area contributed by atoms with Gasteiger partial charge in [-0.05, 0) is 5.92 Å². The predicted octanol–water partition coefficient (Wildman–Crippen LogP) is -0.273. The predicted molar refractivity (Wildman–Crippen MR) is 59.6 cm³/mol. The van der Waals surface area contributed by atoms with Crippen molar-refractivity contribution in [3.8, 4) is 0 Å². The molecular weight excluding hydrogens is 230 g/mol. The molecule has 1 aromatic rings. The maximum atomic E-state index is 11.7. The molecule has 7 nitrogen and oxygen atoms in total. The van der Waals surface area contributed by atoms with Crippen LogP contribution in [0, 0.1) is 5.92 Å². The van der Waals surface area contributed by atoms with Gasteiger partial charge in [-0.15, -0.1) is 0 Å². The lowest BCUT2D eigenvalue weighted by atomic mass is 10.2. The first-order valence-corrected chi connectivity index (χ1v) is 6.41. The molecule has 8 heteroatoms. The summed E-state index contributed by atoms with van der Waals surface area (Å²) in [7, 11) is -1.94. The summed E-state index contributed by atoms with van der Waals surface area (Å²) in [6, 6.07) is 0. The van der Waals surface area contributed by atoms with Crippen LogP contribution in [0.1, 0.15) is 19.7 Å². The van der Waals surface area contributed by atoms with Gasteiger partial charge in [0.2, 0.25) is 0 Å². The first-order chi connectivity index (χ1) is 7.42. The van der Waals surface area contributed by atoms with Crippen LogP contribution in [-0.2, 0) is 16.8 Å². The zero-order chi connectivity index (χ0) is 12.2. The van der Waals surface area contributed by atoms with Gasteiger partial charge in [-0.25, -0.2) is 9.71 Å². The Morgan fingerprint density at radius 1 is 1.56 bits per heavy atom. The van der Waals surface area contributed by atoms with Crippen LogP contribution in [0.25, 0.3) is 0 Å². The van der Waals surface area contributed by atoms with Crippen LogP contribution in [-0.4, -0.2) is 41.5 Å². The Balaban J connectivity index is 2.55. The SMILES string of the molecule is CC(C)CNS(=O)(=O)N(C)Cc1ncn[nH]1. The molecular formula is C8H17N5O2S. The number of H-pyrrole nitrogens is 1. The standard InChI is InChI=1S/C8H17N5O2S/c1-7(2)4-11-16(14,15)13(3)5-8-9-6-10-12-8/h6-7,11H,4-5H2,1-3H3,(H,9,10,12). The lowest BCUT2D eigenvalue weighted by Gasteiger charge is -2.17. The third kappa shape index (κ3) is 3.87. The fourth-order valence-corrected chi connectivity index (χ4v) is 2.04. The normalized spacial score (nSPS) is 12.6. The molecule has 0 fully saturated rings. The second-order valence-electron chi connectivity index (χ2n) is 3.94. The van der Waals surface area contributed by atoms with Gasteiger partial charge >= 0.3 is 0 Å². The van der Waals surface area contributed by atoms with E-state index in [9.17, 15) is 8.42 Å². The molecule has 0 amide bonds. The van der Waals surface area contributed by atoms with Gasteiger partial charge in [-0.1, -0.05) is 13.8 Å². The summed E-state index contributed by atoms with van der Waals surface area (Å²) in [4.78, 5) is 3.86. The Hall–Kier alpha value is -0.990. The van der Waals surface area contributed by atoms with Crippen molar-refractivity contribution in [3.05, 3.63) is 12.2 Å². The number of aromatic amines is 1. The monoisotopic (exact) mass is 247 g/mol. The molecule has 0 atom stereocenters. The lowest BCUT2D eigenvalue weighted by Crippen LogP contribution is -2.39. The van der Waals surface area contributed by atoms with Gasteiger partial charge in [0.25, 0.3) is 10.2 Å². The summed E-state index contributed by atoms with van der Waals surface area (Å²) in [6.45, 7) is 4.48. The third-order valence-electron chi connectivity index (χ3n) is 1.92. The molecule has 0 unspecified atom stereocenters. The maximum Gasteiger partial charge on any atom is 0.279 e. The third-order valence-corrected chi connectivity index (χ3v) is 3.40. The molecule has 0 saturated carbocycles. The first kappa shape index (κ1) is 13.1. The first-order valence-electron chi connectivity index (χ1n) is 4.97. The van der Waals surface area contributed by atoms with E-state index < -0.39 is 10.2 Å². The molecule has 0 spiro atoms. The van der Waals surface area contributed by atoms with Crippen LogP contribution in [0.3, 0.4) is 0 Å². The van der Waals surface area contributed by atoms with Gasteiger partial charge in [-0.2, -0.15) is 17.8 Å². The highest BCUT2D eigenvalue weighted by Gasteiger charge is 2.18. The van der Waals surface area contributed by atoms with Crippen molar-refractivity contribution in [2.24, 2.45) is 5.92 Å². The Kier molecular flexibility index (Phi) is 4.39. The summed E-state index contributed by atoms with van der Waals surface area (Å²) < 4.78 is 27.1. The second kappa shape index (κ2) is 5.37. The highest BCUT2D eigenvalue weighted by atomic mass is 32.2. The number of hydrogen-bond acceptors (Lipinski definition) is 4. The molecule has 0 aliphatic carbocycles. The van der Waals surface area contributed by atoms with Gasteiger partial charge in [0.05, 0.1) is 6.54 Å². The summed E-state index contributed by atoms with van der Waals surface area (Å²) in [6.07, 6.45) is 1.34. The summed E-state index contributed by atoms with van der Waals surface area (Å²) in [5.74, 6) is 0.783. The minimum absolute atomic E-state index is 0.174. The molecule has 0 radical (unpaired) electrons. The molecule has 0 aliphatic rings. The van der Waals surface area contributed by atoms with E-state index in [1.807, 2.05) is 13.8 Å². The number of rotatable bonds is 6. The molecule has 0 bridgehead atoms. The molecule has 1 aromatic heterocycles. The average molecular weight is 247 g/mol. The van der Waals surface area contributed by atoms with Crippen molar-refractivity contribution in [1.82, 2.24) is 24.2 Å². The van der Waals surface area contributed by atoms with Gasteiger partial charge in [0.15, 0.2) is 0 Å². The van der Waals surface area contributed by atoms with E-state index in [4.69, 9.17) is 0 Å². The average Bonchev–Trinajstić information content (AvgIpc) is 2.67. The van der Waals surface area contributed by atoms with E-state index in [0.717, 1.165) is 0 Å². The van der Waals surface area contributed by atoms with Gasteiger partial charge in [-0.3, -0.25) is 5.10 Å². The van der Waals surface area contributed by atoms with Crippen LogP contribution >= 0.6 is 0 Å². The van der Waals surface area contributed by atoms with Crippen LogP contribution in [0.5, 0.6) is 0 Å². The molecule has 0 aromatic carbocycles. The molecule has 2 N–H and O–H groups in total. The largest absolute Gasteiger partial charge is 0.279 e. The van der Waals surface area contributed by atoms with Crippen molar-refractivity contribution < 1.29 is 8.42 Å². The quantitative estimate of drug-likeness (QED) is 0.723. The van der Waals surface area contributed by atoms with E-state index in [1.54, 1.807) is 0 Å². The lowest BCUT2D eigenvalue weighted by molar-refractivity contribution is 0.441. The zero-order valence-electron chi connectivity index (χ0n) is 9.64. The molecule has 1 heterocycles. The van der Waals surface area contributed by atoms with Gasteiger partial charge in [0, 0.05) is 13.6 Å². The molecule has 16 heavy (non-hydrogen) atoms. The minimum atomic E-state index is -3.44. The fraction of sp³-hybridized carbons (Fsp3) is 0.750. The van der Waals surface area contributed by atoms with E-state index in [0.29, 0.717) is 12.4 Å². The van der Waals surface area contributed by atoms with Crippen molar-refractivity contribution in [2.75, 3.05) is 13.6 Å². The van der Waals surface area contributed by atoms with E-state index in [2.05, 4.69) is 19.9 Å². The van der Waals surface area contributed by atoms with E-state index >= 15 is 0 Å². The topological polar surface area (TPSA) is 91.0 Å². The van der Waals surface area contributed by atoms with E-state index in [1.165, 1.54) is 17.7 Å². The Morgan fingerprint density at radius 2 is 2.25 bits per heavy atom. The molecule has 0 aliphatic heterocycles. The van der Waals surface area contributed by atoms with E-state index in [-0.39, 0.29) is 12.5 Å². The highest BCUT2D eigenvalue weighted by molar-refractivity contribution is 7.87. The zero-order valence-corrected chi connectivity index (χ0v) is 10.5. The van der Waals surface area contributed by atoms with Crippen molar-refractivity contribution in [3.63, 3.8) is 0 Å². The molecule has 0 saturated heterocycles. The van der Waals surface area contributed by atoms with Crippen molar-refractivity contribution in [1.29, 1.82) is 0 Å². The smallest absolute Gasteiger partial charge is 0.262 e. The van der Waals surface area contributed by atoms with Gasteiger partial charge in [0.1, 0.15) is 12.2 Å². The van der Waals surface area contributed by atoms with Crippen LogP contribution in [0.2, 0.25) is 0 Å². The summed E-state index contributed by atoms with van der Waals surface area (Å²) >= 11 is 0. The molecule has 92 valence electrons. The number of nitrogens with zero attached hydrogens (tertiary/aromatic N) is 3. The maximum absolute atomic E-state index is 11.7. The number of aromatic nitrogens is 3. The van der Waals surface area contributed by atoms with Crippen molar-refractivity contribution >= 4 is 10.2 Å². The Bertz CT molecular complexity index is 400. The van der Waals surface area contributed by atoms with Crippen LogP contribution in [0.4, 0.5) is 0 Å². The van der Waals surface area contributed by atoms with Gasteiger partial charge < -0.3 is 0 Å². The Labute approximate surface area is 95.4 Å². The number of nitrogens with one attached hydrogen (secondary N) is 2. The minimum Gasteiger partial charge on any atom is -0.262 e. The van der Waals surface area contributed by atoms with Crippen LogP contribution in [0.15, 0.2) is 6.33 Å². The van der Waals surface area contributed by atoms with Crippen LogP contribution < -0.4 is 4.72 Å². The highest BCUT2D eigenvalue weighted by Crippen LogP contribution is 2.00. The molecule has 1 rings (SSSR count). The summed E-state index contributed by atoms with van der Waals surface area (Å²) in [5.41, 5.74) is 0. The Morgan fingerprint density at radius 3 is 2.75 bits per heavy atom. The summed E-state index contributed by atoms with van der Waals surface area (Å²) in [5, 5.41) is 6.26. The fourth-order valence-electron chi connectivity index (χ4n) is 0.985. The number of hydrogen-bond donors (Lipinski definition) is 2.